The Morgan fingerprint density at radius 1 is 0.946 bits per heavy atom. The maximum atomic E-state index is 6.43. The Hall–Kier alpha value is -3.63. The predicted octanol–water partition coefficient (Wildman–Crippen LogP) is 3.00. The average Bonchev–Trinajstić information content (AvgIpc) is 3.54. The fraction of sp³-hybridized carbons (Fsp3) is 0.444. The van der Waals surface area contributed by atoms with Gasteiger partial charge in [0.2, 0.25) is 0 Å². The third kappa shape index (κ3) is 4.99. The first-order chi connectivity index (χ1) is 18.0. The zero-order chi connectivity index (χ0) is 25.4. The Labute approximate surface area is 216 Å². The van der Waals surface area contributed by atoms with Crippen LogP contribution in [0.1, 0.15) is 29.3 Å². The van der Waals surface area contributed by atoms with Crippen molar-refractivity contribution in [3.8, 4) is 16.9 Å². The Kier molecular flexibility index (Phi) is 6.43. The smallest absolute Gasteiger partial charge is 0.253 e. The molecule has 0 aromatic carbocycles. The molecule has 0 radical (unpaired) electrons. The van der Waals surface area contributed by atoms with Gasteiger partial charge in [0.15, 0.2) is 5.75 Å². The van der Waals surface area contributed by atoms with Crippen molar-refractivity contribution in [2.24, 2.45) is 0 Å². The third-order valence-corrected chi connectivity index (χ3v) is 7.09. The number of fused-ring (bicyclic) bond motifs is 1. The maximum absolute atomic E-state index is 6.43. The van der Waals surface area contributed by atoms with E-state index in [4.69, 9.17) is 14.5 Å². The molecule has 4 aromatic rings. The molecule has 0 N–H and O–H groups in total. The number of anilines is 1. The molecule has 6 rings (SSSR count). The maximum Gasteiger partial charge on any atom is 0.253 e. The number of pyridine rings is 2. The fourth-order valence-corrected chi connectivity index (χ4v) is 5.05. The molecule has 0 spiro atoms. The third-order valence-electron chi connectivity index (χ3n) is 7.09. The summed E-state index contributed by atoms with van der Waals surface area (Å²) in [7, 11) is 0. The Balaban J connectivity index is 1.09. The van der Waals surface area contributed by atoms with Gasteiger partial charge in [0, 0.05) is 56.1 Å². The normalized spacial score (nSPS) is 18.6. The van der Waals surface area contributed by atoms with E-state index in [1.54, 1.807) is 4.52 Å². The van der Waals surface area contributed by atoms with Crippen molar-refractivity contribution < 1.29 is 9.47 Å². The molecule has 10 nitrogen and oxygen atoms in total. The van der Waals surface area contributed by atoms with Gasteiger partial charge < -0.3 is 14.4 Å². The van der Waals surface area contributed by atoms with Gasteiger partial charge in [0.05, 0.1) is 36.8 Å². The lowest BCUT2D eigenvalue weighted by molar-refractivity contribution is 0.0336. The van der Waals surface area contributed by atoms with Gasteiger partial charge in [-0.2, -0.15) is 9.50 Å². The van der Waals surface area contributed by atoms with Crippen LogP contribution in [0.2, 0.25) is 0 Å². The lowest BCUT2D eigenvalue weighted by atomic mass is 10.1. The first kappa shape index (κ1) is 23.7. The van der Waals surface area contributed by atoms with E-state index in [2.05, 4.69) is 54.1 Å². The fourth-order valence-electron chi connectivity index (χ4n) is 5.05. The standard InChI is InChI=1S/C27H32N8O2/c1-18-26(19(2)35-27(30-18)31-20(3)32-35)37-24-8-9-34(17-24)25-7-5-22(15-29-25)21-4-6-23(28-14-21)16-33-10-12-36-13-11-33/h4-7,14-15,24H,8-13,16-17H2,1-3H3/t24-/m1/s1. The van der Waals surface area contributed by atoms with Crippen molar-refractivity contribution in [1.29, 1.82) is 0 Å². The van der Waals surface area contributed by atoms with Crippen LogP contribution in [0, 0.1) is 20.8 Å². The first-order valence-corrected chi connectivity index (χ1v) is 12.9. The molecular weight excluding hydrogens is 468 g/mol. The summed E-state index contributed by atoms with van der Waals surface area (Å²) >= 11 is 0. The molecule has 0 saturated carbocycles. The number of rotatable bonds is 6. The Morgan fingerprint density at radius 3 is 2.46 bits per heavy atom. The molecule has 2 saturated heterocycles. The largest absolute Gasteiger partial charge is 0.485 e. The van der Waals surface area contributed by atoms with Crippen molar-refractivity contribution in [2.45, 2.75) is 39.8 Å². The van der Waals surface area contributed by atoms with E-state index in [0.29, 0.717) is 11.6 Å². The summed E-state index contributed by atoms with van der Waals surface area (Å²) in [6.07, 6.45) is 4.86. The van der Waals surface area contributed by atoms with Crippen LogP contribution in [-0.4, -0.2) is 79.9 Å². The molecule has 0 bridgehead atoms. The van der Waals surface area contributed by atoms with Crippen LogP contribution in [0.4, 0.5) is 5.82 Å². The summed E-state index contributed by atoms with van der Waals surface area (Å²) in [4.78, 5) is 23.0. The average molecular weight is 501 g/mol. The van der Waals surface area contributed by atoms with E-state index in [1.807, 2.05) is 33.2 Å². The summed E-state index contributed by atoms with van der Waals surface area (Å²) in [5.41, 5.74) is 4.98. The van der Waals surface area contributed by atoms with Gasteiger partial charge in [0.1, 0.15) is 17.7 Å². The summed E-state index contributed by atoms with van der Waals surface area (Å²) in [5, 5.41) is 4.45. The van der Waals surface area contributed by atoms with Gasteiger partial charge in [-0.05, 0) is 39.0 Å². The van der Waals surface area contributed by atoms with Crippen LogP contribution in [-0.2, 0) is 11.3 Å². The van der Waals surface area contributed by atoms with Crippen LogP contribution in [0.3, 0.4) is 0 Å². The topological polar surface area (TPSA) is 93.8 Å². The summed E-state index contributed by atoms with van der Waals surface area (Å²) in [6, 6.07) is 8.44. The molecule has 2 aliphatic rings. The SMILES string of the molecule is Cc1nc2nc(C)c(O[C@@H]3CCN(c4ccc(-c5ccc(CN6CCOCC6)nc5)cn4)C3)c(C)n2n1. The molecule has 4 aromatic heterocycles. The highest BCUT2D eigenvalue weighted by atomic mass is 16.5. The van der Waals surface area contributed by atoms with Crippen molar-refractivity contribution in [3.63, 3.8) is 0 Å². The molecule has 1 atom stereocenters. The molecule has 10 heteroatoms. The minimum absolute atomic E-state index is 0.0611. The predicted molar refractivity (Wildman–Crippen MR) is 140 cm³/mol. The number of aryl methyl sites for hydroxylation is 3. The van der Waals surface area contributed by atoms with Gasteiger partial charge in [0.25, 0.3) is 5.78 Å². The highest BCUT2D eigenvalue weighted by Crippen LogP contribution is 2.28. The van der Waals surface area contributed by atoms with E-state index >= 15 is 0 Å². The molecule has 6 heterocycles. The van der Waals surface area contributed by atoms with Gasteiger partial charge in [-0.1, -0.05) is 6.07 Å². The van der Waals surface area contributed by atoms with E-state index in [-0.39, 0.29) is 6.10 Å². The zero-order valence-corrected chi connectivity index (χ0v) is 21.6. The highest BCUT2D eigenvalue weighted by molar-refractivity contribution is 5.63. The minimum atomic E-state index is 0.0611. The molecule has 192 valence electrons. The lowest BCUT2D eigenvalue weighted by Gasteiger charge is -2.26. The second-order valence-corrected chi connectivity index (χ2v) is 9.79. The number of nitrogens with zero attached hydrogens (tertiary/aromatic N) is 8. The number of hydrogen-bond acceptors (Lipinski definition) is 9. The molecule has 0 amide bonds. The van der Waals surface area contributed by atoms with Gasteiger partial charge in [-0.3, -0.25) is 9.88 Å². The first-order valence-electron chi connectivity index (χ1n) is 12.9. The molecule has 0 unspecified atom stereocenters. The Bertz CT molecular complexity index is 1380. The number of morpholine rings is 1. The lowest BCUT2D eigenvalue weighted by Crippen LogP contribution is -2.35. The quantitative estimate of drug-likeness (QED) is 0.396. The van der Waals surface area contributed by atoms with E-state index in [1.165, 1.54) is 0 Å². The second-order valence-electron chi connectivity index (χ2n) is 9.79. The monoisotopic (exact) mass is 500 g/mol. The van der Waals surface area contributed by atoms with Crippen molar-refractivity contribution >= 4 is 11.6 Å². The van der Waals surface area contributed by atoms with E-state index in [9.17, 15) is 0 Å². The van der Waals surface area contributed by atoms with Crippen LogP contribution < -0.4 is 9.64 Å². The molecule has 37 heavy (non-hydrogen) atoms. The van der Waals surface area contributed by atoms with Gasteiger partial charge >= 0.3 is 0 Å². The van der Waals surface area contributed by atoms with Crippen molar-refractivity contribution in [3.05, 3.63) is 59.6 Å². The van der Waals surface area contributed by atoms with Crippen molar-refractivity contribution in [2.75, 3.05) is 44.3 Å². The number of aromatic nitrogens is 6. The number of hydrogen-bond donors (Lipinski definition) is 0. The molecule has 2 aliphatic heterocycles. The molecular formula is C27H32N8O2. The van der Waals surface area contributed by atoms with Gasteiger partial charge in [-0.15, -0.1) is 5.10 Å². The molecule has 2 fully saturated rings. The van der Waals surface area contributed by atoms with Crippen LogP contribution in [0.5, 0.6) is 5.75 Å². The minimum Gasteiger partial charge on any atom is -0.485 e. The number of ether oxygens (including phenoxy) is 2. The van der Waals surface area contributed by atoms with Crippen LogP contribution in [0.25, 0.3) is 16.9 Å². The molecule has 0 aliphatic carbocycles. The van der Waals surface area contributed by atoms with Gasteiger partial charge in [-0.25, -0.2) is 9.97 Å². The highest BCUT2D eigenvalue weighted by Gasteiger charge is 2.27. The summed E-state index contributed by atoms with van der Waals surface area (Å²) in [5.74, 6) is 3.06. The van der Waals surface area contributed by atoms with Crippen molar-refractivity contribution in [1.82, 2.24) is 34.4 Å². The second kappa shape index (κ2) is 10.0. The zero-order valence-electron chi connectivity index (χ0n) is 21.6. The van der Waals surface area contributed by atoms with Crippen LogP contribution in [0.15, 0.2) is 36.7 Å². The Morgan fingerprint density at radius 2 is 1.73 bits per heavy atom. The van der Waals surface area contributed by atoms with Crippen LogP contribution >= 0.6 is 0 Å². The van der Waals surface area contributed by atoms with E-state index < -0.39 is 0 Å². The van der Waals surface area contributed by atoms with E-state index in [0.717, 1.165) is 92.1 Å². The summed E-state index contributed by atoms with van der Waals surface area (Å²) < 4.78 is 13.6. The summed E-state index contributed by atoms with van der Waals surface area (Å²) in [6.45, 7) is 11.9.